The predicted molar refractivity (Wildman–Crippen MR) is 95.2 cm³/mol. The van der Waals surface area contributed by atoms with Gasteiger partial charge in [-0.15, -0.1) is 12.4 Å². The molecule has 134 valence electrons. The van der Waals surface area contributed by atoms with Gasteiger partial charge in [-0.2, -0.15) is 5.10 Å². The normalized spacial score (nSPS) is 24.6. The second-order valence-electron chi connectivity index (χ2n) is 6.73. The highest BCUT2D eigenvalue weighted by Crippen LogP contribution is 2.34. The number of benzene rings is 1. The molecular weight excluding hydrogens is 343 g/mol. The van der Waals surface area contributed by atoms with E-state index in [-0.39, 0.29) is 42.0 Å². The van der Waals surface area contributed by atoms with Crippen molar-refractivity contribution >= 4 is 18.3 Å². The molecule has 4 rings (SSSR count). The van der Waals surface area contributed by atoms with Gasteiger partial charge in [0, 0.05) is 32.3 Å². The molecule has 25 heavy (non-hydrogen) atoms. The third-order valence-corrected chi connectivity index (χ3v) is 5.23. The first kappa shape index (κ1) is 17.9. The molecule has 0 spiro atoms. The molecule has 0 radical (unpaired) electrons. The number of carbonyl (C=O) groups is 1. The van der Waals surface area contributed by atoms with Crippen LogP contribution in [0.1, 0.15) is 35.1 Å². The van der Waals surface area contributed by atoms with Crippen molar-refractivity contribution in [2.75, 3.05) is 13.1 Å². The summed E-state index contributed by atoms with van der Waals surface area (Å²) in [5.74, 6) is -0.116. The molecule has 5 nitrogen and oxygen atoms in total. The highest BCUT2D eigenvalue weighted by molar-refractivity contribution is 5.85. The summed E-state index contributed by atoms with van der Waals surface area (Å²) in [6.45, 7) is 1.44. The molecule has 1 aliphatic heterocycles. The largest absolute Gasteiger partial charge is 0.349 e. The van der Waals surface area contributed by atoms with Crippen molar-refractivity contribution in [3.05, 3.63) is 53.1 Å². The summed E-state index contributed by atoms with van der Waals surface area (Å²) < 4.78 is 15.6. The average Bonchev–Trinajstić information content (AvgIpc) is 3.27. The van der Waals surface area contributed by atoms with Crippen LogP contribution in [0.2, 0.25) is 0 Å². The van der Waals surface area contributed by atoms with Crippen LogP contribution in [0.15, 0.2) is 30.6 Å². The van der Waals surface area contributed by atoms with Gasteiger partial charge in [0.1, 0.15) is 5.82 Å². The number of aromatic nitrogens is 2. The van der Waals surface area contributed by atoms with E-state index in [1.54, 1.807) is 10.7 Å². The van der Waals surface area contributed by atoms with Crippen LogP contribution < -0.4 is 10.6 Å². The molecule has 1 aliphatic carbocycles. The van der Waals surface area contributed by atoms with Gasteiger partial charge in [0.05, 0.1) is 18.2 Å². The maximum absolute atomic E-state index is 13.9. The minimum absolute atomic E-state index is 0. The third kappa shape index (κ3) is 3.28. The maximum atomic E-state index is 13.9. The molecular formula is C18H22ClFN4O. The van der Waals surface area contributed by atoms with Crippen molar-refractivity contribution < 1.29 is 9.18 Å². The monoisotopic (exact) mass is 364 g/mol. The van der Waals surface area contributed by atoms with Crippen LogP contribution in [-0.2, 0) is 18.3 Å². The minimum atomic E-state index is -0.167. The first-order valence-corrected chi connectivity index (χ1v) is 8.40. The molecule has 2 aromatic rings. The van der Waals surface area contributed by atoms with Crippen molar-refractivity contribution in [3.63, 3.8) is 0 Å². The molecule has 1 unspecified atom stereocenters. The lowest BCUT2D eigenvalue weighted by atomic mass is 9.90. The Balaban J connectivity index is 0.00000182. The predicted octanol–water partition coefficient (Wildman–Crippen LogP) is 2.09. The smallest absolute Gasteiger partial charge is 0.225 e. The number of hydrogen-bond donors (Lipinski definition) is 2. The van der Waals surface area contributed by atoms with Crippen molar-refractivity contribution in [2.24, 2.45) is 13.0 Å². The Morgan fingerprint density at radius 1 is 1.40 bits per heavy atom. The Hall–Kier alpha value is -1.92. The van der Waals surface area contributed by atoms with E-state index < -0.39 is 0 Å². The van der Waals surface area contributed by atoms with Crippen LogP contribution in [0, 0.1) is 11.7 Å². The maximum Gasteiger partial charge on any atom is 0.225 e. The molecule has 3 atom stereocenters. The van der Waals surface area contributed by atoms with Crippen LogP contribution in [0.5, 0.6) is 0 Å². The molecule has 2 heterocycles. The van der Waals surface area contributed by atoms with E-state index >= 15 is 0 Å². The lowest BCUT2D eigenvalue weighted by Crippen LogP contribution is -2.36. The van der Waals surface area contributed by atoms with Gasteiger partial charge in [0.25, 0.3) is 0 Å². The van der Waals surface area contributed by atoms with Crippen molar-refractivity contribution in [3.8, 4) is 0 Å². The summed E-state index contributed by atoms with van der Waals surface area (Å²) in [5, 5.41) is 10.7. The van der Waals surface area contributed by atoms with Crippen LogP contribution in [0.25, 0.3) is 0 Å². The van der Waals surface area contributed by atoms with E-state index in [2.05, 4.69) is 15.7 Å². The number of aryl methyl sites for hydroxylation is 1. The van der Waals surface area contributed by atoms with Crippen LogP contribution in [0.4, 0.5) is 4.39 Å². The fourth-order valence-corrected chi connectivity index (χ4v) is 3.97. The number of rotatable bonds is 3. The van der Waals surface area contributed by atoms with Crippen LogP contribution >= 0.6 is 12.4 Å². The van der Waals surface area contributed by atoms with E-state index in [4.69, 9.17) is 0 Å². The van der Waals surface area contributed by atoms with E-state index in [9.17, 15) is 9.18 Å². The molecule has 1 fully saturated rings. The molecule has 0 bridgehead atoms. The summed E-state index contributed by atoms with van der Waals surface area (Å²) in [6, 6.07) is 5.04. The Morgan fingerprint density at radius 2 is 2.24 bits per heavy atom. The third-order valence-electron chi connectivity index (χ3n) is 5.23. The van der Waals surface area contributed by atoms with E-state index in [0.29, 0.717) is 13.0 Å². The zero-order chi connectivity index (χ0) is 16.7. The van der Waals surface area contributed by atoms with Gasteiger partial charge in [-0.1, -0.05) is 12.1 Å². The summed E-state index contributed by atoms with van der Waals surface area (Å²) in [4.78, 5) is 12.8. The lowest BCUT2D eigenvalue weighted by molar-refractivity contribution is -0.125. The van der Waals surface area contributed by atoms with Crippen LogP contribution in [0.3, 0.4) is 0 Å². The number of fused-ring (bicyclic) bond motifs is 1. The SMILES string of the molecule is Cl.Cn1cc([C@H]2CNC[C@@H]2C(=O)NC2CCc3c(F)cccc32)cn1. The Morgan fingerprint density at radius 3 is 3.00 bits per heavy atom. The van der Waals surface area contributed by atoms with Gasteiger partial charge >= 0.3 is 0 Å². The van der Waals surface area contributed by atoms with Crippen LogP contribution in [-0.4, -0.2) is 28.8 Å². The fourth-order valence-electron chi connectivity index (χ4n) is 3.97. The Bertz CT molecular complexity index is 778. The van der Waals surface area contributed by atoms with E-state index in [1.807, 2.05) is 25.5 Å². The van der Waals surface area contributed by atoms with Gasteiger partial charge in [-0.25, -0.2) is 4.39 Å². The second kappa shape index (κ2) is 7.14. The number of amides is 1. The van der Waals surface area contributed by atoms with Gasteiger partial charge < -0.3 is 10.6 Å². The number of carbonyl (C=O) groups excluding carboxylic acids is 1. The standard InChI is InChI=1S/C18H21FN4O.ClH/c1-23-10-11(7-21-23)14-8-20-9-15(14)18(24)22-17-6-5-12-13(17)3-2-4-16(12)19;/h2-4,7,10,14-15,17,20H,5-6,8-9H2,1H3,(H,22,24);1H/t14-,15+,17?;/m1./s1. The Labute approximate surface area is 152 Å². The average molecular weight is 365 g/mol. The van der Waals surface area contributed by atoms with Gasteiger partial charge in [-0.05, 0) is 35.6 Å². The lowest BCUT2D eigenvalue weighted by Gasteiger charge is -2.21. The highest BCUT2D eigenvalue weighted by Gasteiger charge is 2.36. The summed E-state index contributed by atoms with van der Waals surface area (Å²) in [7, 11) is 1.88. The molecule has 2 N–H and O–H groups in total. The molecule has 1 aromatic carbocycles. The molecule has 0 saturated carbocycles. The summed E-state index contributed by atoms with van der Waals surface area (Å²) in [6.07, 6.45) is 5.25. The summed E-state index contributed by atoms with van der Waals surface area (Å²) in [5.41, 5.74) is 2.75. The van der Waals surface area contributed by atoms with Crippen molar-refractivity contribution in [1.82, 2.24) is 20.4 Å². The number of nitrogens with one attached hydrogen (secondary N) is 2. The number of nitrogens with zero attached hydrogens (tertiary/aromatic N) is 2. The quantitative estimate of drug-likeness (QED) is 0.876. The number of hydrogen-bond acceptors (Lipinski definition) is 3. The van der Waals surface area contributed by atoms with Gasteiger partial charge in [0.2, 0.25) is 5.91 Å². The first-order valence-electron chi connectivity index (χ1n) is 8.40. The van der Waals surface area contributed by atoms with E-state index in [0.717, 1.165) is 29.7 Å². The van der Waals surface area contributed by atoms with E-state index in [1.165, 1.54) is 6.07 Å². The zero-order valence-corrected chi connectivity index (χ0v) is 14.9. The first-order chi connectivity index (χ1) is 11.6. The van der Waals surface area contributed by atoms with Gasteiger partial charge in [0.15, 0.2) is 0 Å². The number of halogens is 2. The molecule has 1 aromatic heterocycles. The molecule has 1 saturated heterocycles. The fraction of sp³-hybridized carbons (Fsp3) is 0.444. The molecule has 7 heteroatoms. The van der Waals surface area contributed by atoms with Crippen molar-refractivity contribution in [2.45, 2.75) is 24.8 Å². The molecule has 2 aliphatic rings. The minimum Gasteiger partial charge on any atom is -0.349 e. The topological polar surface area (TPSA) is 59.0 Å². The zero-order valence-electron chi connectivity index (χ0n) is 14.0. The highest BCUT2D eigenvalue weighted by atomic mass is 35.5. The van der Waals surface area contributed by atoms with Crippen molar-refractivity contribution in [1.29, 1.82) is 0 Å². The second-order valence-corrected chi connectivity index (χ2v) is 6.73. The summed E-state index contributed by atoms with van der Waals surface area (Å²) >= 11 is 0. The van der Waals surface area contributed by atoms with Gasteiger partial charge in [-0.3, -0.25) is 9.48 Å². The molecule has 1 amide bonds. The Kier molecular flexibility index (Phi) is 5.11.